The van der Waals surface area contributed by atoms with Gasteiger partial charge in [-0.1, -0.05) is 6.42 Å². The smallest absolute Gasteiger partial charge is 0.150 e. The van der Waals surface area contributed by atoms with Crippen LogP contribution < -0.4 is 0 Å². The van der Waals surface area contributed by atoms with Gasteiger partial charge in [-0.25, -0.2) is 8.42 Å². The van der Waals surface area contributed by atoms with Gasteiger partial charge in [0.1, 0.15) is 9.84 Å². The number of rotatable bonds is 3. The van der Waals surface area contributed by atoms with E-state index in [4.69, 9.17) is 4.74 Å². The van der Waals surface area contributed by atoms with Crippen LogP contribution in [-0.4, -0.2) is 26.0 Å². The quantitative estimate of drug-likeness (QED) is 0.746. The van der Waals surface area contributed by atoms with E-state index in [1.54, 1.807) is 0 Å². The molecule has 0 aromatic heterocycles. The molecule has 0 aromatic carbocycles. The fourth-order valence-electron chi connectivity index (χ4n) is 3.04. The van der Waals surface area contributed by atoms with Gasteiger partial charge in [0.15, 0.2) is 0 Å². The normalized spacial score (nSPS) is 29.3. The minimum atomic E-state index is -2.81. The van der Waals surface area contributed by atoms with Crippen LogP contribution in [0.3, 0.4) is 0 Å². The Labute approximate surface area is 117 Å². The molecule has 0 aromatic rings. The molecule has 1 heterocycles. The molecular formula is C15H26O3S. The Morgan fingerprint density at radius 3 is 2.58 bits per heavy atom. The standard InChI is InChI=1S/C15H26O3S/c1-13(18-12-14-6-2-3-7-14)15-8-4-5-10-19(16,17)11-9-15/h12-13,15H,2-11H2,1H3. The van der Waals surface area contributed by atoms with Crippen molar-refractivity contribution in [2.75, 3.05) is 11.5 Å². The van der Waals surface area contributed by atoms with Gasteiger partial charge in [-0.05, 0) is 63.4 Å². The van der Waals surface area contributed by atoms with Gasteiger partial charge in [-0.2, -0.15) is 0 Å². The molecule has 2 atom stereocenters. The molecule has 4 heteroatoms. The molecule has 2 rings (SSSR count). The maximum Gasteiger partial charge on any atom is 0.150 e. The van der Waals surface area contributed by atoms with Crippen LogP contribution in [-0.2, 0) is 14.6 Å². The zero-order valence-corrected chi connectivity index (χ0v) is 12.8. The SMILES string of the molecule is CC(OC=C1CCCC1)C1CCCCS(=O)(=O)CC1. The summed E-state index contributed by atoms with van der Waals surface area (Å²) >= 11 is 0. The first-order valence-electron chi connectivity index (χ1n) is 7.61. The van der Waals surface area contributed by atoms with Gasteiger partial charge in [-0.15, -0.1) is 0 Å². The number of allylic oxidation sites excluding steroid dienone is 1. The number of hydrogen-bond donors (Lipinski definition) is 0. The van der Waals surface area contributed by atoms with E-state index in [2.05, 4.69) is 6.92 Å². The highest BCUT2D eigenvalue weighted by Gasteiger charge is 2.24. The fourth-order valence-corrected chi connectivity index (χ4v) is 4.55. The van der Waals surface area contributed by atoms with Crippen molar-refractivity contribution in [3.63, 3.8) is 0 Å². The molecule has 2 aliphatic rings. The first-order chi connectivity index (χ1) is 9.07. The Bertz CT molecular complexity index is 403. The molecule has 0 N–H and O–H groups in total. The molecule has 0 radical (unpaired) electrons. The van der Waals surface area contributed by atoms with Gasteiger partial charge in [0.05, 0.1) is 23.9 Å². The van der Waals surface area contributed by atoms with E-state index in [0.29, 0.717) is 17.4 Å². The van der Waals surface area contributed by atoms with Crippen LogP contribution in [0, 0.1) is 5.92 Å². The average Bonchev–Trinajstić information content (AvgIpc) is 2.85. The third kappa shape index (κ3) is 4.83. The lowest BCUT2D eigenvalue weighted by molar-refractivity contribution is 0.0919. The highest BCUT2D eigenvalue weighted by molar-refractivity contribution is 7.91. The molecule has 0 spiro atoms. The summed E-state index contributed by atoms with van der Waals surface area (Å²) in [7, 11) is -2.81. The van der Waals surface area contributed by atoms with Crippen molar-refractivity contribution in [1.82, 2.24) is 0 Å². The number of sulfone groups is 1. The van der Waals surface area contributed by atoms with E-state index >= 15 is 0 Å². The summed E-state index contributed by atoms with van der Waals surface area (Å²) in [5, 5.41) is 0. The largest absolute Gasteiger partial charge is 0.498 e. The first kappa shape index (κ1) is 14.9. The van der Waals surface area contributed by atoms with Crippen LogP contribution in [0.15, 0.2) is 11.8 Å². The Morgan fingerprint density at radius 2 is 1.84 bits per heavy atom. The summed E-state index contributed by atoms with van der Waals surface area (Å²) in [6.07, 6.45) is 10.7. The van der Waals surface area contributed by atoms with Crippen LogP contribution in [0.5, 0.6) is 0 Å². The minimum Gasteiger partial charge on any atom is -0.498 e. The molecule has 1 aliphatic carbocycles. The molecule has 110 valence electrons. The second kappa shape index (κ2) is 6.78. The summed E-state index contributed by atoms with van der Waals surface area (Å²) in [6, 6.07) is 0. The van der Waals surface area contributed by atoms with E-state index in [1.165, 1.54) is 31.3 Å². The molecule has 0 bridgehead atoms. The van der Waals surface area contributed by atoms with Crippen molar-refractivity contribution >= 4 is 9.84 Å². The lowest BCUT2D eigenvalue weighted by atomic mass is 9.94. The highest BCUT2D eigenvalue weighted by atomic mass is 32.2. The van der Waals surface area contributed by atoms with E-state index in [0.717, 1.165) is 25.7 Å². The minimum absolute atomic E-state index is 0.140. The molecule has 2 fully saturated rings. The maximum absolute atomic E-state index is 11.7. The lowest BCUT2D eigenvalue weighted by Crippen LogP contribution is -2.25. The molecule has 0 amide bonds. The Morgan fingerprint density at radius 1 is 1.11 bits per heavy atom. The molecule has 1 saturated heterocycles. The second-order valence-corrected chi connectivity index (χ2v) is 8.32. The molecule has 1 aliphatic heterocycles. The van der Waals surface area contributed by atoms with E-state index in [-0.39, 0.29) is 6.10 Å². The van der Waals surface area contributed by atoms with Gasteiger partial charge in [0.25, 0.3) is 0 Å². The summed E-state index contributed by atoms with van der Waals surface area (Å²) in [5.74, 6) is 1.09. The van der Waals surface area contributed by atoms with Crippen molar-refractivity contribution < 1.29 is 13.2 Å². The van der Waals surface area contributed by atoms with Gasteiger partial charge in [0, 0.05) is 0 Å². The van der Waals surface area contributed by atoms with E-state index in [9.17, 15) is 8.42 Å². The summed E-state index contributed by atoms with van der Waals surface area (Å²) in [6.45, 7) is 2.09. The third-order valence-electron chi connectivity index (χ3n) is 4.44. The van der Waals surface area contributed by atoms with Gasteiger partial charge in [0.2, 0.25) is 0 Å². The summed E-state index contributed by atoms with van der Waals surface area (Å²) in [4.78, 5) is 0. The summed E-state index contributed by atoms with van der Waals surface area (Å²) in [5.41, 5.74) is 1.42. The number of hydrogen-bond acceptors (Lipinski definition) is 3. The zero-order chi connectivity index (χ0) is 13.7. The fraction of sp³-hybridized carbons (Fsp3) is 0.867. The van der Waals surface area contributed by atoms with Crippen molar-refractivity contribution in [3.8, 4) is 0 Å². The molecule has 3 nitrogen and oxygen atoms in total. The Balaban J connectivity index is 1.86. The van der Waals surface area contributed by atoms with E-state index in [1.807, 2.05) is 6.26 Å². The summed E-state index contributed by atoms with van der Waals surface area (Å²) < 4.78 is 29.3. The van der Waals surface area contributed by atoms with Crippen LogP contribution in [0.25, 0.3) is 0 Å². The topological polar surface area (TPSA) is 43.4 Å². The second-order valence-electron chi connectivity index (χ2n) is 6.02. The Kier molecular flexibility index (Phi) is 5.31. The molecular weight excluding hydrogens is 260 g/mol. The predicted molar refractivity (Wildman–Crippen MR) is 77.7 cm³/mol. The number of ether oxygens (including phenoxy) is 1. The van der Waals surface area contributed by atoms with Crippen molar-refractivity contribution in [1.29, 1.82) is 0 Å². The predicted octanol–water partition coefficient (Wildman–Crippen LogP) is 3.45. The molecule has 19 heavy (non-hydrogen) atoms. The van der Waals surface area contributed by atoms with Gasteiger partial charge >= 0.3 is 0 Å². The van der Waals surface area contributed by atoms with Crippen molar-refractivity contribution in [2.24, 2.45) is 5.92 Å². The maximum atomic E-state index is 11.7. The van der Waals surface area contributed by atoms with Crippen LogP contribution in [0.1, 0.15) is 58.3 Å². The third-order valence-corrected chi connectivity index (χ3v) is 6.21. The van der Waals surface area contributed by atoms with E-state index < -0.39 is 9.84 Å². The van der Waals surface area contributed by atoms with Gasteiger partial charge < -0.3 is 4.74 Å². The van der Waals surface area contributed by atoms with Crippen LogP contribution in [0.4, 0.5) is 0 Å². The lowest BCUT2D eigenvalue weighted by Gasteiger charge is -2.25. The van der Waals surface area contributed by atoms with Gasteiger partial charge in [-0.3, -0.25) is 0 Å². The van der Waals surface area contributed by atoms with Crippen LogP contribution in [0.2, 0.25) is 0 Å². The molecule has 2 unspecified atom stereocenters. The zero-order valence-electron chi connectivity index (χ0n) is 11.9. The molecule has 1 saturated carbocycles. The Hall–Kier alpha value is -0.510. The average molecular weight is 286 g/mol. The van der Waals surface area contributed by atoms with Crippen LogP contribution >= 0.6 is 0 Å². The first-order valence-corrected chi connectivity index (χ1v) is 9.43. The van der Waals surface area contributed by atoms with Crippen molar-refractivity contribution in [3.05, 3.63) is 11.8 Å². The highest BCUT2D eigenvalue weighted by Crippen LogP contribution is 2.27. The van der Waals surface area contributed by atoms with Crippen molar-refractivity contribution in [2.45, 2.75) is 64.4 Å². The monoisotopic (exact) mass is 286 g/mol.